The van der Waals surface area contributed by atoms with Gasteiger partial charge >= 0.3 is 14.7 Å². The Morgan fingerprint density at radius 1 is 0.840 bits per heavy atom. The maximum atomic E-state index is 13.6. The molecule has 1 amide bonds. The maximum absolute atomic E-state index is 13.6. The van der Waals surface area contributed by atoms with E-state index in [1.807, 2.05) is 73.8 Å². The summed E-state index contributed by atoms with van der Waals surface area (Å²) < 4.78 is 19.5. The number of carbonyl (C=O) groups is 2. The molecule has 3 aromatic rings. The van der Waals surface area contributed by atoms with Gasteiger partial charge < -0.3 is 18.9 Å². The first-order valence-corrected chi connectivity index (χ1v) is 21.6. The molecule has 4 atom stereocenters. The summed E-state index contributed by atoms with van der Waals surface area (Å²) in [5, 5.41) is 3.24. The smallest absolute Gasteiger partial charge is 0.407 e. The zero-order chi connectivity index (χ0) is 36.3. The van der Waals surface area contributed by atoms with Gasteiger partial charge in [-0.15, -0.1) is 13.2 Å². The lowest BCUT2D eigenvalue weighted by Crippen LogP contribution is -2.52. The zero-order valence-electron chi connectivity index (χ0n) is 30.6. The van der Waals surface area contributed by atoms with E-state index in [9.17, 15) is 9.59 Å². The number of hydrogen-bond acceptors (Lipinski definition) is 6. The molecule has 0 aromatic heterocycles. The van der Waals surface area contributed by atoms with E-state index >= 15 is 0 Å². The molecule has 1 aliphatic carbocycles. The van der Waals surface area contributed by atoms with E-state index in [1.165, 1.54) is 34.0 Å². The molecule has 0 bridgehead atoms. The number of nitrogens with one attached hydrogen (secondary N) is 1. The molecule has 0 radical (unpaired) electrons. The van der Waals surface area contributed by atoms with Crippen molar-refractivity contribution < 1.29 is 23.2 Å². The molecule has 8 heteroatoms. The molecule has 0 aliphatic heterocycles. The van der Waals surface area contributed by atoms with Gasteiger partial charge in [0, 0.05) is 11.7 Å². The Labute approximate surface area is 305 Å². The summed E-state index contributed by atoms with van der Waals surface area (Å²) in [6.45, 7) is 20.8. The van der Waals surface area contributed by atoms with Crippen molar-refractivity contribution in [2.75, 3.05) is 6.61 Å². The van der Waals surface area contributed by atoms with E-state index in [4.69, 9.17) is 13.6 Å². The SMILES string of the molecule is C=CC[C@H](O[Si](C)(C)O[C@@H](C=C)[C@H](CC(C)C)C(=O)SCc1ccccc1)[C@@H](CC(C)C)NC(=O)OCC1c2ccccc2-c2ccccc21. The third kappa shape index (κ3) is 11.0. The summed E-state index contributed by atoms with van der Waals surface area (Å²) >= 11 is 1.33. The number of amides is 1. The van der Waals surface area contributed by atoms with E-state index in [1.54, 1.807) is 6.08 Å². The summed E-state index contributed by atoms with van der Waals surface area (Å²) in [5.41, 5.74) is 5.82. The molecular formula is C42H55NO5SSi. The molecule has 3 aromatic carbocycles. The number of carbonyl (C=O) groups excluding carboxylic acids is 2. The van der Waals surface area contributed by atoms with Gasteiger partial charge in [-0.3, -0.25) is 4.79 Å². The van der Waals surface area contributed by atoms with Gasteiger partial charge in [0.15, 0.2) is 5.12 Å². The second kappa shape index (κ2) is 18.7. The minimum atomic E-state index is -2.89. The van der Waals surface area contributed by atoms with Gasteiger partial charge in [0.25, 0.3) is 0 Å². The maximum Gasteiger partial charge on any atom is 0.407 e. The van der Waals surface area contributed by atoms with Crippen LogP contribution in [0.3, 0.4) is 0 Å². The summed E-state index contributed by atoms with van der Waals surface area (Å²) in [6.07, 6.45) is 4.07. The molecule has 0 saturated heterocycles. The Morgan fingerprint density at radius 2 is 1.42 bits per heavy atom. The van der Waals surface area contributed by atoms with Crippen molar-refractivity contribution in [3.05, 3.63) is 121 Å². The molecule has 50 heavy (non-hydrogen) atoms. The fraction of sp³-hybridized carbons (Fsp3) is 0.429. The van der Waals surface area contributed by atoms with E-state index in [-0.39, 0.29) is 35.5 Å². The Balaban J connectivity index is 1.44. The van der Waals surface area contributed by atoms with Gasteiger partial charge in [0.1, 0.15) is 6.61 Å². The van der Waals surface area contributed by atoms with Crippen LogP contribution in [0.5, 0.6) is 0 Å². The summed E-state index contributed by atoms with van der Waals surface area (Å²) in [5.74, 6) is 0.795. The highest BCUT2D eigenvalue weighted by Crippen LogP contribution is 2.44. The predicted molar refractivity (Wildman–Crippen MR) is 209 cm³/mol. The fourth-order valence-corrected chi connectivity index (χ4v) is 9.69. The highest BCUT2D eigenvalue weighted by Gasteiger charge is 2.39. The van der Waals surface area contributed by atoms with Crippen molar-refractivity contribution in [2.45, 2.75) is 90.0 Å². The molecule has 4 rings (SSSR count). The summed E-state index contributed by atoms with van der Waals surface area (Å²) in [6, 6.07) is 26.3. The van der Waals surface area contributed by atoms with Crippen LogP contribution in [0.1, 0.15) is 69.6 Å². The lowest BCUT2D eigenvalue weighted by molar-refractivity contribution is -0.117. The molecule has 0 heterocycles. The van der Waals surface area contributed by atoms with Gasteiger partial charge in [0.05, 0.1) is 24.2 Å². The Kier molecular flexibility index (Phi) is 14.7. The van der Waals surface area contributed by atoms with Crippen LogP contribution >= 0.6 is 11.8 Å². The van der Waals surface area contributed by atoms with E-state index in [0.717, 1.165) is 5.56 Å². The molecule has 6 nitrogen and oxygen atoms in total. The number of benzene rings is 3. The molecule has 0 saturated carbocycles. The van der Waals surface area contributed by atoms with Crippen LogP contribution in [0.25, 0.3) is 11.1 Å². The number of fused-ring (bicyclic) bond motifs is 3. The van der Waals surface area contributed by atoms with Crippen LogP contribution in [-0.4, -0.2) is 44.6 Å². The quantitative estimate of drug-likeness (QED) is 0.0985. The Morgan fingerprint density at radius 3 is 1.98 bits per heavy atom. The Bertz CT molecular complexity index is 1530. The van der Waals surface area contributed by atoms with Crippen LogP contribution < -0.4 is 5.32 Å². The zero-order valence-corrected chi connectivity index (χ0v) is 32.4. The number of hydrogen-bond donors (Lipinski definition) is 1. The molecule has 0 unspecified atom stereocenters. The van der Waals surface area contributed by atoms with Crippen molar-refractivity contribution in [1.82, 2.24) is 5.32 Å². The minimum absolute atomic E-state index is 0.0279. The molecule has 1 aliphatic rings. The normalized spacial score (nSPS) is 15.1. The molecular weight excluding hydrogens is 659 g/mol. The number of rotatable bonds is 19. The highest BCUT2D eigenvalue weighted by molar-refractivity contribution is 8.13. The predicted octanol–water partition coefficient (Wildman–Crippen LogP) is 10.3. The lowest BCUT2D eigenvalue weighted by Gasteiger charge is -2.37. The first-order chi connectivity index (χ1) is 23.9. The van der Waals surface area contributed by atoms with E-state index < -0.39 is 26.9 Å². The number of thioether (sulfide) groups is 1. The second-order valence-electron chi connectivity index (χ2n) is 14.4. The van der Waals surface area contributed by atoms with Gasteiger partial charge in [-0.25, -0.2) is 4.79 Å². The van der Waals surface area contributed by atoms with Crippen molar-refractivity contribution >= 4 is 31.5 Å². The van der Waals surface area contributed by atoms with Crippen LogP contribution in [0.15, 0.2) is 104 Å². The Hall–Kier alpha value is -3.43. The van der Waals surface area contributed by atoms with E-state index in [2.05, 4.69) is 70.4 Å². The molecule has 268 valence electrons. The first-order valence-electron chi connectivity index (χ1n) is 17.8. The fourth-order valence-electron chi connectivity index (χ4n) is 6.78. The van der Waals surface area contributed by atoms with Crippen LogP contribution in [0, 0.1) is 17.8 Å². The van der Waals surface area contributed by atoms with Crippen LogP contribution in [0.4, 0.5) is 4.79 Å². The summed E-state index contributed by atoms with van der Waals surface area (Å²) in [7, 11) is -2.89. The third-order valence-corrected chi connectivity index (χ3v) is 11.7. The van der Waals surface area contributed by atoms with Crippen molar-refractivity contribution in [1.29, 1.82) is 0 Å². The topological polar surface area (TPSA) is 73.9 Å². The molecule has 0 fully saturated rings. The van der Waals surface area contributed by atoms with E-state index in [0.29, 0.717) is 30.9 Å². The van der Waals surface area contributed by atoms with Gasteiger partial charge in [-0.2, -0.15) is 0 Å². The third-order valence-electron chi connectivity index (χ3n) is 8.96. The number of ether oxygens (including phenoxy) is 1. The van der Waals surface area contributed by atoms with Gasteiger partial charge in [-0.05, 0) is 72.0 Å². The number of alkyl carbamates (subject to hydrolysis) is 1. The second-order valence-corrected chi connectivity index (χ2v) is 18.7. The minimum Gasteiger partial charge on any atom is -0.449 e. The van der Waals surface area contributed by atoms with Gasteiger partial charge in [0.2, 0.25) is 0 Å². The van der Waals surface area contributed by atoms with Crippen LogP contribution in [-0.2, 0) is 24.1 Å². The highest BCUT2D eigenvalue weighted by atomic mass is 32.2. The van der Waals surface area contributed by atoms with Crippen molar-refractivity contribution in [2.24, 2.45) is 17.8 Å². The average molecular weight is 714 g/mol. The molecule has 0 spiro atoms. The van der Waals surface area contributed by atoms with Crippen molar-refractivity contribution in [3.63, 3.8) is 0 Å². The average Bonchev–Trinajstić information content (AvgIpc) is 3.41. The molecule has 1 N–H and O–H groups in total. The first kappa shape index (κ1) is 39.4. The lowest BCUT2D eigenvalue weighted by atomic mass is 9.93. The van der Waals surface area contributed by atoms with Crippen LogP contribution in [0.2, 0.25) is 13.1 Å². The van der Waals surface area contributed by atoms with Crippen molar-refractivity contribution in [3.8, 4) is 11.1 Å². The van der Waals surface area contributed by atoms with Gasteiger partial charge in [-0.1, -0.05) is 130 Å². The largest absolute Gasteiger partial charge is 0.449 e. The monoisotopic (exact) mass is 713 g/mol. The standard InChI is InChI=1S/C42H55NO5SSi/c1-9-18-40(48-50(7,8)47-39(10-2)36(25-29(3)4)41(44)49-28-31-19-12-11-13-20-31)38(26-30(5)6)43-42(45)46-27-37-34-23-16-14-21-32(34)33-22-15-17-24-35(33)37/h9-17,19-24,29-30,36-40H,1-2,18,25-28H2,3-8H3,(H,43,45)/t36-,38+,39-,40-/m0/s1. The summed E-state index contributed by atoms with van der Waals surface area (Å²) in [4.78, 5) is 27.1.